The number of imidazole rings is 1. The third kappa shape index (κ3) is 2.35. The van der Waals surface area contributed by atoms with Gasteiger partial charge in [0.1, 0.15) is 11.6 Å². The minimum Gasteiger partial charge on any atom is -0.376 e. The number of aryl methyl sites for hydroxylation is 1. The fourth-order valence-corrected chi connectivity index (χ4v) is 3.92. The van der Waals surface area contributed by atoms with Crippen LogP contribution < -0.4 is 10.9 Å². The average Bonchev–Trinajstić information content (AvgIpc) is 3.10. The smallest absolute Gasteiger partial charge is 0.272 e. The van der Waals surface area contributed by atoms with Crippen molar-refractivity contribution in [3.05, 3.63) is 88.1 Å². The van der Waals surface area contributed by atoms with Crippen molar-refractivity contribution in [2.45, 2.75) is 12.0 Å². The first kappa shape index (κ1) is 15.7. The number of nitrogens with zero attached hydrogens (tertiary/aromatic N) is 3. The van der Waals surface area contributed by atoms with Crippen molar-refractivity contribution in [2.75, 3.05) is 5.32 Å². The standard InChI is InChI=1S/C20H16FN5O/c1-26-8-7-22-19(26)16-17(11-5-3-2-4-6-11)23-14-10-12(21)9-13-15(14)18(16)24-25-20(13)27/h2-10,16-17,23H,1H3,(H,25,27). The molecule has 2 N–H and O–H groups in total. The lowest BCUT2D eigenvalue weighted by molar-refractivity contribution is 0.581. The molecule has 0 amide bonds. The van der Waals surface area contributed by atoms with Crippen LogP contribution in [0.25, 0.3) is 10.8 Å². The molecule has 134 valence electrons. The number of halogens is 1. The lowest BCUT2D eigenvalue weighted by Gasteiger charge is -2.34. The molecule has 2 aromatic carbocycles. The molecular weight excluding hydrogens is 345 g/mol. The third-order valence-corrected chi connectivity index (χ3v) is 5.12. The van der Waals surface area contributed by atoms with Gasteiger partial charge >= 0.3 is 0 Å². The third-order valence-electron chi connectivity index (χ3n) is 5.12. The summed E-state index contributed by atoms with van der Waals surface area (Å²) in [6, 6.07) is 12.4. The molecule has 0 spiro atoms. The normalized spacial score (nSPS) is 18.4. The zero-order chi connectivity index (χ0) is 18.5. The first-order chi connectivity index (χ1) is 13.1. The maximum absolute atomic E-state index is 14.2. The summed E-state index contributed by atoms with van der Waals surface area (Å²) >= 11 is 0. The second kappa shape index (κ2) is 5.77. The highest BCUT2D eigenvalue weighted by Gasteiger charge is 2.37. The quantitative estimate of drug-likeness (QED) is 0.575. The number of nitrogens with one attached hydrogen (secondary N) is 2. The number of rotatable bonds is 2. The van der Waals surface area contributed by atoms with Gasteiger partial charge in [0.25, 0.3) is 5.56 Å². The van der Waals surface area contributed by atoms with Crippen LogP contribution in [-0.2, 0) is 7.05 Å². The van der Waals surface area contributed by atoms with Crippen molar-refractivity contribution in [3.63, 3.8) is 0 Å². The number of aromatic amines is 1. The maximum atomic E-state index is 14.2. The van der Waals surface area contributed by atoms with E-state index >= 15 is 0 Å². The molecule has 1 aliphatic rings. The van der Waals surface area contributed by atoms with Gasteiger partial charge in [-0.2, -0.15) is 5.10 Å². The lowest BCUT2D eigenvalue weighted by Crippen LogP contribution is -2.29. The van der Waals surface area contributed by atoms with Crippen LogP contribution in [0.5, 0.6) is 0 Å². The first-order valence-corrected chi connectivity index (χ1v) is 8.64. The highest BCUT2D eigenvalue weighted by molar-refractivity contribution is 5.97. The van der Waals surface area contributed by atoms with E-state index < -0.39 is 11.4 Å². The summed E-state index contributed by atoms with van der Waals surface area (Å²) in [5.41, 5.74) is 1.87. The Hall–Kier alpha value is -3.48. The number of benzene rings is 2. The van der Waals surface area contributed by atoms with E-state index in [0.717, 1.165) is 11.4 Å². The van der Waals surface area contributed by atoms with Gasteiger partial charge in [-0.1, -0.05) is 30.3 Å². The summed E-state index contributed by atoms with van der Waals surface area (Å²) in [5, 5.41) is 11.2. The summed E-state index contributed by atoms with van der Waals surface area (Å²) in [7, 11) is 1.92. The van der Waals surface area contributed by atoms with E-state index in [1.807, 2.05) is 48.1 Å². The summed E-state index contributed by atoms with van der Waals surface area (Å²) in [4.78, 5) is 16.8. The Morgan fingerprint density at radius 1 is 1.19 bits per heavy atom. The molecule has 27 heavy (non-hydrogen) atoms. The molecular formula is C20H16FN5O. The SMILES string of the molecule is Cn1ccnc1C1c2n[nH]c(=O)c3cc(F)cc(c23)NC1c1ccccc1. The molecule has 4 aromatic rings. The summed E-state index contributed by atoms with van der Waals surface area (Å²) in [6.45, 7) is 0. The fourth-order valence-electron chi connectivity index (χ4n) is 3.92. The van der Waals surface area contributed by atoms with E-state index in [1.54, 1.807) is 6.20 Å². The van der Waals surface area contributed by atoms with Crippen molar-refractivity contribution >= 4 is 16.5 Å². The first-order valence-electron chi connectivity index (χ1n) is 8.64. The van der Waals surface area contributed by atoms with E-state index in [0.29, 0.717) is 16.8 Å². The molecule has 0 fully saturated rings. The Morgan fingerprint density at radius 3 is 2.74 bits per heavy atom. The zero-order valence-electron chi connectivity index (χ0n) is 14.5. The molecule has 2 unspecified atom stereocenters. The molecule has 0 bridgehead atoms. The summed E-state index contributed by atoms with van der Waals surface area (Å²) in [6.07, 6.45) is 3.61. The van der Waals surface area contributed by atoms with Crippen LogP contribution in [-0.4, -0.2) is 19.7 Å². The molecule has 0 saturated heterocycles. The van der Waals surface area contributed by atoms with E-state index in [-0.39, 0.29) is 17.3 Å². The Kier molecular flexibility index (Phi) is 3.36. The van der Waals surface area contributed by atoms with Crippen molar-refractivity contribution in [1.29, 1.82) is 0 Å². The van der Waals surface area contributed by atoms with Crippen LogP contribution in [0.2, 0.25) is 0 Å². The number of aromatic nitrogens is 4. The van der Waals surface area contributed by atoms with Gasteiger partial charge in [0, 0.05) is 30.5 Å². The Morgan fingerprint density at radius 2 is 2.00 bits per heavy atom. The minimum absolute atomic E-state index is 0.205. The van der Waals surface area contributed by atoms with Gasteiger partial charge in [-0.15, -0.1) is 0 Å². The molecule has 0 saturated carbocycles. The molecule has 5 rings (SSSR count). The molecule has 6 nitrogen and oxygen atoms in total. The molecule has 2 aromatic heterocycles. The van der Waals surface area contributed by atoms with Gasteiger partial charge in [0.15, 0.2) is 0 Å². The number of hydrogen-bond acceptors (Lipinski definition) is 4. The number of anilines is 1. The molecule has 0 radical (unpaired) electrons. The molecule has 0 aliphatic carbocycles. The van der Waals surface area contributed by atoms with Gasteiger partial charge in [0.2, 0.25) is 0 Å². The topological polar surface area (TPSA) is 75.6 Å². The van der Waals surface area contributed by atoms with Crippen LogP contribution in [0.4, 0.5) is 10.1 Å². The monoisotopic (exact) mass is 361 g/mol. The van der Waals surface area contributed by atoms with Crippen LogP contribution in [0.15, 0.2) is 59.7 Å². The Balaban J connectivity index is 1.85. The fraction of sp³-hybridized carbons (Fsp3) is 0.150. The van der Waals surface area contributed by atoms with Crippen molar-refractivity contribution < 1.29 is 4.39 Å². The van der Waals surface area contributed by atoms with Crippen molar-refractivity contribution in [1.82, 2.24) is 19.7 Å². The van der Waals surface area contributed by atoms with E-state index in [2.05, 4.69) is 20.5 Å². The second-order valence-electron chi connectivity index (χ2n) is 6.72. The minimum atomic E-state index is -0.463. The van der Waals surface area contributed by atoms with Crippen LogP contribution in [0, 0.1) is 5.82 Å². The lowest BCUT2D eigenvalue weighted by atomic mass is 9.83. The average molecular weight is 361 g/mol. The van der Waals surface area contributed by atoms with E-state index in [9.17, 15) is 9.18 Å². The van der Waals surface area contributed by atoms with Gasteiger partial charge < -0.3 is 9.88 Å². The Bertz CT molecular complexity index is 1210. The molecule has 7 heteroatoms. The Labute approximate surface area is 153 Å². The summed E-state index contributed by atoms with van der Waals surface area (Å²) in [5.74, 6) is 0.104. The molecule has 2 atom stereocenters. The van der Waals surface area contributed by atoms with Gasteiger partial charge in [-0.25, -0.2) is 14.5 Å². The van der Waals surface area contributed by atoms with Gasteiger partial charge in [0.05, 0.1) is 23.0 Å². The second-order valence-corrected chi connectivity index (χ2v) is 6.72. The highest BCUT2D eigenvalue weighted by atomic mass is 19.1. The van der Waals surface area contributed by atoms with Crippen LogP contribution in [0.1, 0.15) is 29.0 Å². The van der Waals surface area contributed by atoms with Crippen LogP contribution >= 0.6 is 0 Å². The van der Waals surface area contributed by atoms with Gasteiger partial charge in [-0.05, 0) is 17.7 Å². The maximum Gasteiger partial charge on any atom is 0.272 e. The number of H-pyrrole nitrogens is 1. The van der Waals surface area contributed by atoms with E-state index in [1.165, 1.54) is 12.1 Å². The van der Waals surface area contributed by atoms with E-state index in [4.69, 9.17) is 0 Å². The van der Waals surface area contributed by atoms with Crippen LogP contribution in [0.3, 0.4) is 0 Å². The van der Waals surface area contributed by atoms with Crippen molar-refractivity contribution in [3.8, 4) is 0 Å². The highest BCUT2D eigenvalue weighted by Crippen LogP contribution is 2.45. The number of hydrogen-bond donors (Lipinski definition) is 2. The summed E-state index contributed by atoms with van der Waals surface area (Å²) < 4.78 is 16.1. The predicted octanol–water partition coefficient (Wildman–Crippen LogP) is 3.09. The zero-order valence-corrected chi connectivity index (χ0v) is 14.5. The molecule has 3 heterocycles. The largest absolute Gasteiger partial charge is 0.376 e. The predicted molar refractivity (Wildman–Crippen MR) is 100 cm³/mol. The van der Waals surface area contributed by atoms with Gasteiger partial charge in [-0.3, -0.25) is 4.79 Å². The molecule has 1 aliphatic heterocycles. The van der Waals surface area contributed by atoms with Crippen molar-refractivity contribution in [2.24, 2.45) is 7.05 Å².